The maximum atomic E-state index is 12.1. The van der Waals surface area contributed by atoms with Crippen molar-refractivity contribution in [2.45, 2.75) is 25.9 Å². The summed E-state index contributed by atoms with van der Waals surface area (Å²) in [5.41, 5.74) is 1.24. The molecule has 2 rings (SSSR count). The molecule has 1 aliphatic rings. The Morgan fingerprint density at radius 1 is 1.44 bits per heavy atom. The van der Waals surface area contributed by atoms with E-state index >= 15 is 0 Å². The zero-order valence-electron chi connectivity index (χ0n) is 10.3. The lowest BCUT2D eigenvalue weighted by Gasteiger charge is -2.32. The minimum absolute atomic E-state index is 0.303. The standard InChI is InChI=1S/C12H18N2O3S/c1-2-8-13-18(16,17)14-9-7-12(15)10-5-3-4-6-11(10)14/h3-6,12-13,15H,2,7-9H2,1H3. The SMILES string of the molecule is CCCNS(=O)(=O)N1CCC(O)c2ccccc21. The Labute approximate surface area is 108 Å². The normalized spacial score (nSPS) is 19.7. The van der Waals surface area contributed by atoms with Crippen molar-refractivity contribution in [2.24, 2.45) is 0 Å². The average molecular weight is 270 g/mol. The third kappa shape index (κ3) is 2.50. The van der Waals surface area contributed by atoms with Crippen molar-refractivity contribution in [1.82, 2.24) is 4.72 Å². The Kier molecular flexibility index (Phi) is 3.89. The summed E-state index contributed by atoms with van der Waals surface area (Å²) in [7, 11) is -3.51. The monoisotopic (exact) mass is 270 g/mol. The van der Waals surface area contributed by atoms with Crippen LogP contribution in [0.5, 0.6) is 0 Å². The molecule has 0 radical (unpaired) electrons. The van der Waals surface area contributed by atoms with Crippen LogP contribution < -0.4 is 9.03 Å². The first kappa shape index (κ1) is 13.3. The molecule has 0 amide bonds. The summed E-state index contributed by atoms with van der Waals surface area (Å²) < 4.78 is 28.2. The van der Waals surface area contributed by atoms with Crippen molar-refractivity contribution in [2.75, 3.05) is 17.4 Å². The molecular weight excluding hydrogens is 252 g/mol. The Hall–Kier alpha value is -1.11. The van der Waals surface area contributed by atoms with Gasteiger partial charge in [0.25, 0.3) is 0 Å². The van der Waals surface area contributed by atoms with Gasteiger partial charge in [-0.15, -0.1) is 0 Å². The third-order valence-corrected chi connectivity index (χ3v) is 4.52. The van der Waals surface area contributed by atoms with Crippen LogP contribution in [0.2, 0.25) is 0 Å². The number of rotatable bonds is 4. The summed E-state index contributed by atoms with van der Waals surface area (Å²) in [6.07, 6.45) is 0.584. The number of benzene rings is 1. The predicted molar refractivity (Wildman–Crippen MR) is 70.6 cm³/mol. The lowest BCUT2D eigenvalue weighted by Crippen LogP contribution is -2.44. The third-order valence-electron chi connectivity index (χ3n) is 2.99. The van der Waals surface area contributed by atoms with Crippen LogP contribution in [0.1, 0.15) is 31.4 Å². The van der Waals surface area contributed by atoms with E-state index in [0.29, 0.717) is 30.8 Å². The molecule has 0 aliphatic carbocycles. The maximum Gasteiger partial charge on any atom is 0.301 e. The quantitative estimate of drug-likeness (QED) is 0.863. The minimum Gasteiger partial charge on any atom is -0.388 e. The smallest absolute Gasteiger partial charge is 0.301 e. The van der Waals surface area contributed by atoms with E-state index in [-0.39, 0.29) is 0 Å². The minimum atomic E-state index is -3.51. The van der Waals surface area contributed by atoms with Crippen LogP contribution in [0, 0.1) is 0 Å². The number of hydrogen-bond acceptors (Lipinski definition) is 3. The summed E-state index contributed by atoms with van der Waals surface area (Å²) >= 11 is 0. The zero-order valence-corrected chi connectivity index (χ0v) is 11.2. The van der Waals surface area contributed by atoms with Crippen LogP contribution in [-0.2, 0) is 10.2 Å². The molecule has 6 heteroatoms. The molecule has 1 aliphatic heterocycles. The van der Waals surface area contributed by atoms with Crippen molar-refractivity contribution in [3.05, 3.63) is 29.8 Å². The van der Waals surface area contributed by atoms with E-state index in [1.54, 1.807) is 24.3 Å². The summed E-state index contributed by atoms with van der Waals surface area (Å²) in [4.78, 5) is 0. The number of aliphatic hydroxyl groups is 1. The van der Waals surface area contributed by atoms with Gasteiger partial charge < -0.3 is 5.11 Å². The van der Waals surface area contributed by atoms with Gasteiger partial charge in [-0.1, -0.05) is 25.1 Å². The predicted octanol–water partition coefficient (Wildman–Crippen LogP) is 1.17. The topological polar surface area (TPSA) is 69.6 Å². The second-order valence-electron chi connectivity index (χ2n) is 4.33. The van der Waals surface area contributed by atoms with Crippen molar-refractivity contribution in [3.63, 3.8) is 0 Å². The van der Waals surface area contributed by atoms with Gasteiger partial charge in [0, 0.05) is 18.7 Å². The highest BCUT2D eigenvalue weighted by Crippen LogP contribution is 2.34. The van der Waals surface area contributed by atoms with E-state index in [1.165, 1.54) is 4.31 Å². The Morgan fingerprint density at radius 3 is 2.89 bits per heavy atom. The molecule has 0 saturated heterocycles. The summed E-state index contributed by atoms with van der Waals surface area (Å²) in [5, 5.41) is 9.88. The summed E-state index contributed by atoms with van der Waals surface area (Å²) in [6, 6.07) is 7.07. The first-order valence-corrected chi connectivity index (χ1v) is 7.54. The number of fused-ring (bicyclic) bond motifs is 1. The molecule has 0 spiro atoms. The number of aliphatic hydroxyl groups excluding tert-OH is 1. The van der Waals surface area contributed by atoms with Gasteiger partial charge in [0.2, 0.25) is 0 Å². The van der Waals surface area contributed by atoms with Gasteiger partial charge in [0.15, 0.2) is 0 Å². The molecule has 100 valence electrons. The van der Waals surface area contributed by atoms with Crippen LogP contribution in [0.25, 0.3) is 0 Å². The molecule has 1 unspecified atom stereocenters. The van der Waals surface area contributed by atoms with Gasteiger partial charge in [-0.05, 0) is 18.9 Å². The fraction of sp³-hybridized carbons (Fsp3) is 0.500. The molecule has 0 aromatic heterocycles. The van der Waals surface area contributed by atoms with Crippen molar-refractivity contribution < 1.29 is 13.5 Å². The molecule has 1 aromatic rings. The van der Waals surface area contributed by atoms with Crippen molar-refractivity contribution in [3.8, 4) is 0 Å². The molecule has 0 fully saturated rings. The largest absolute Gasteiger partial charge is 0.388 e. The fourth-order valence-corrected chi connectivity index (χ4v) is 3.46. The second kappa shape index (κ2) is 5.26. The molecule has 0 saturated carbocycles. The van der Waals surface area contributed by atoms with Crippen LogP contribution in [0.15, 0.2) is 24.3 Å². The van der Waals surface area contributed by atoms with Gasteiger partial charge in [0.1, 0.15) is 0 Å². The first-order chi connectivity index (χ1) is 8.56. The zero-order chi connectivity index (χ0) is 13.2. The molecular formula is C12H18N2O3S. The van der Waals surface area contributed by atoms with E-state index < -0.39 is 16.3 Å². The Morgan fingerprint density at radius 2 is 2.17 bits per heavy atom. The van der Waals surface area contributed by atoms with Gasteiger partial charge in [-0.25, -0.2) is 0 Å². The van der Waals surface area contributed by atoms with Gasteiger partial charge in [0.05, 0.1) is 11.8 Å². The number of para-hydroxylation sites is 1. The van der Waals surface area contributed by atoms with Crippen molar-refractivity contribution in [1.29, 1.82) is 0 Å². The van der Waals surface area contributed by atoms with Crippen molar-refractivity contribution >= 4 is 15.9 Å². The van der Waals surface area contributed by atoms with E-state index in [0.717, 1.165) is 6.42 Å². The average Bonchev–Trinajstić information content (AvgIpc) is 2.37. The summed E-state index contributed by atoms with van der Waals surface area (Å²) in [5.74, 6) is 0. The van der Waals surface area contributed by atoms with E-state index in [4.69, 9.17) is 0 Å². The maximum absolute atomic E-state index is 12.1. The van der Waals surface area contributed by atoms with Crippen LogP contribution >= 0.6 is 0 Å². The highest BCUT2D eigenvalue weighted by molar-refractivity contribution is 7.90. The lowest BCUT2D eigenvalue weighted by molar-refractivity contribution is 0.166. The molecule has 1 aromatic carbocycles. The Balaban J connectivity index is 2.34. The number of anilines is 1. The number of hydrogen-bond donors (Lipinski definition) is 2. The van der Waals surface area contributed by atoms with Crippen LogP contribution in [0.3, 0.4) is 0 Å². The highest BCUT2D eigenvalue weighted by atomic mass is 32.2. The van der Waals surface area contributed by atoms with E-state index in [2.05, 4.69) is 4.72 Å². The lowest BCUT2D eigenvalue weighted by atomic mass is 10.0. The van der Waals surface area contributed by atoms with E-state index in [9.17, 15) is 13.5 Å². The number of nitrogens with zero attached hydrogens (tertiary/aromatic N) is 1. The summed E-state index contributed by atoms with van der Waals surface area (Å²) in [6.45, 7) is 2.64. The second-order valence-corrected chi connectivity index (χ2v) is 6.01. The Bertz CT molecular complexity index is 516. The van der Waals surface area contributed by atoms with Crippen LogP contribution in [-0.4, -0.2) is 26.6 Å². The van der Waals surface area contributed by atoms with Gasteiger partial charge in [-0.2, -0.15) is 13.1 Å². The van der Waals surface area contributed by atoms with Gasteiger partial charge >= 0.3 is 10.2 Å². The fourth-order valence-electron chi connectivity index (χ4n) is 2.07. The number of nitrogens with one attached hydrogen (secondary N) is 1. The molecule has 0 bridgehead atoms. The molecule has 1 heterocycles. The molecule has 1 atom stereocenters. The van der Waals surface area contributed by atoms with Crippen LogP contribution in [0.4, 0.5) is 5.69 Å². The molecule has 2 N–H and O–H groups in total. The van der Waals surface area contributed by atoms with E-state index in [1.807, 2.05) is 6.92 Å². The molecule has 5 nitrogen and oxygen atoms in total. The van der Waals surface area contributed by atoms with Gasteiger partial charge in [-0.3, -0.25) is 4.31 Å². The molecule has 18 heavy (non-hydrogen) atoms. The first-order valence-electron chi connectivity index (χ1n) is 6.10. The highest BCUT2D eigenvalue weighted by Gasteiger charge is 2.30.